The first-order chi connectivity index (χ1) is 24.3. The smallest absolute Gasteiger partial charge is 0.306 e. The lowest BCUT2D eigenvalue weighted by Crippen LogP contribution is -2.43. The van der Waals surface area contributed by atoms with Gasteiger partial charge in [-0.2, -0.15) is 11.8 Å². The number of esters is 2. The second-order valence-electron chi connectivity index (χ2n) is 14.0. The molecule has 0 rings (SSSR count). The van der Waals surface area contributed by atoms with Crippen LogP contribution in [0.3, 0.4) is 0 Å². The molecule has 2 atom stereocenters. The third-order valence-corrected chi connectivity index (χ3v) is 10.2. The van der Waals surface area contributed by atoms with E-state index in [1.54, 1.807) is 0 Å². The van der Waals surface area contributed by atoms with Crippen molar-refractivity contribution in [1.82, 2.24) is 5.32 Å². The Balaban J connectivity index is 4.42. The Bertz CT molecular complexity index is 830. The number of hydrogen-bond acceptors (Lipinski definition) is 8. The van der Waals surface area contributed by atoms with E-state index in [1.807, 2.05) is 0 Å². The van der Waals surface area contributed by atoms with Crippen molar-refractivity contribution in [1.29, 1.82) is 0 Å². The summed E-state index contributed by atoms with van der Waals surface area (Å²) in [6.07, 6.45) is 28.3. The molecular weight excluding hydrogens is 653 g/mol. The first kappa shape index (κ1) is 48.2. The van der Waals surface area contributed by atoms with E-state index in [1.165, 1.54) is 88.8 Å². The third-order valence-electron chi connectivity index (χ3n) is 9.00. The Morgan fingerprint density at radius 3 is 1.48 bits per heavy atom. The summed E-state index contributed by atoms with van der Waals surface area (Å²) in [5.74, 6) is -0.677. The van der Waals surface area contributed by atoms with Gasteiger partial charge in [0, 0.05) is 37.3 Å². The van der Waals surface area contributed by atoms with Crippen LogP contribution in [0.25, 0.3) is 0 Å². The van der Waals surface area contributed by atoms with Gasteiger partial charge in [0.05, 0.1) is 6.04 Å². The fourth-order valence-corrected chi connectivity index (χ4v) is 6.78. The number of nitrogens with two attached hydrogens (primary N) is 1. The second kappa shape index (κ2) is 37.0. The molecule has 0 aliphatic heterocycles. The number of carboxylic acid groups (broad SMARTS) is 1. The van der Waals surface area contributed by atoms with E-state index in [2.05, 4.69) is 19.2 Å². The molecule has 0 spiro atoms. The van der Waals surface area contributed by atoms with Gasteiger partial charge in [-0.25, -0.2) is 0 Å². The van der Waals surface area contributed by atoms with Crippen LogP contribution in [0.15, 0.2) is 0 Å². The van der Waals surface area contributed by atoms with E-state index in [-0.39, 0.29) is 30.9 Å². The summed E-state index contributed by atoms with van der Waals surface area (Å²) in [5, 5.41) is 11.6. The number of ether oxygens (including phenoxy) is 2. The number of nitrogens with one attached hydrogen (secondary N) is 1. The van der Waals surface area contributed by atoms with Crippen molar-refractivity contribution >= 4 is 35.6 Å². The van der Waals surface area contributed by atoms with Gasteiger partial charge in [0.2, 0.25) is 5.91 Å². The molecule has 0 aromatic carbocycles. The number of thioether (sulfide) groups is 1. The molecule has 0 heterocycles. The molecule has 0 unspecified atom stereocenters. The molecule has 9 nitrogen and oxygen atoms in total. The Morgan fingerprint density at radius 2 is 1.00 bits per heavy atom. The minimum Gasteiger partial charge on any atom is -0.481 e. The predicted octanol–water partition coefficient (Wildman–Crippen LogP) is 9.67. The molecule has 0 saturated carbocycles. The Morgan fingerprint density at radius 1 is 0.580 bits per heavy atom. The van der Waals surface area contributed by atoms with Gasteiger partial charge in [0.15, 0.2) is 0 Å². The van der Waals surface area contributed by atoms with E-state index in [0.717, 1.165) is 83.5 Å². The quantitative estimate of drug-likeness (QED) is 0.0418. The lowest BCUT2D eigenvalue weighted by molar-refractivity contribution is -0.157. The molecule has 0 saturated heterocycles. The first-order valence-corrected chi connectivity index (χ1v) is 21.6. The maximum atomic E-state index is 12.7. The van der Waals surface area contributed by atoms with E-state index < -0.39 is 18.1 Å². The molecule has 1 amide bonds. The average molecular weight is 729 g/mol. The Hall–Kier alpha value is -1.81. The summed E-state index contributed by atoms with van der Waals surface area (Å²) in [7, 11) is 0. The maximum absolute atomic E-state index is 12.7. The highest BCUT2D eigenvalue weighted by atomic mass is 32.2. The SMILES string of the molecule is CCCCCCCCCCCC(=O)OC[C@H](CSC[C@@H](N)C(=O)NCCCCCCCCCC(=O)O)OC(=O)CCCCCCCCCCC. The lowest BCUT2D eigenvalue weighted by Gasteiger charge is -2.19. The first-order valence-electron chi connectivity index (χ1n) is 20.5. The average Bonchev–Trinajstić information content (AvgIpc) is 3.09. The number of unbranched alkanes of at least 4 members (excludes halogenated alkanes) is 22. The fraction of sp³-hybridized carbons (Fsp3) is 0.900. The molecule has 50 heavy (non-hydrogen) atoms. The van der Waals surface area contributed by atoms with Crippen molar-refractivity contribution in [3.8, 4) is 0 Å². The largest absolute Gasteiger partial charge is 0.481 e. The van der Waals surface area contributed by atoms with Gasteiger partial charge in [-0.05, 0) is 25.7 Å². The summed E-state index contributed by atoms with van der Waals surface area (Å²) >= 11 is 1.44. The Labute approximate surface area is 310 Å². The van der Waals surface area contributed by atoms with Crippen LogP contribution in [-0.4, -0.2) is 65.7 Å². The van der Waals surface area contributed by atoms with E-state index in [0.29, 0.717) is 30.9 Å². The molecule has 0 aliphatic carbocycles. The number of rotatable bonds is 38. The number of carbonyl (C=O) groups is 4. The number of aliphatic carboxylic acids is 1. The van der Waals surface area contributed by atoms with Crippen LogP contribution < -0.4 is 11.1 Å². The zero-order valence-corrected chi connectivity index (χ0v) is 33.0. The van der Waals surface area contributed by atoms with Crippen LogP contribution >= 0.6 is 11.8 Å². The van der Waals surface area contributed by atoms with E-state index >= 15 is 0 Å². The van der Waals surface area contributed by atoms with Crippen molar-refractivity contribution in [3.63, 3.8) is 0 Å². The van der Waals surface area contributed by atoms with Crippen LogP contribution in [-0.2, 0) is 28.7 Å². The lowest BCUT2D eigenvalue weighted by atomic mass is 10.1. The van der Waals surface area contributed by atoms with Crippen molar-refractivity contribution < 1.29 is 33.8 Å². The summed E-state index contributed by atoms with van der Waals surface area (Å²) in [5.41, 5.74) is 6.15. The zero-order chi connectivity index (χ0) is 36.9. The molecule has 10 heteroatoms. The molecule has 4 N–H and O–H groups in total. The third kappa shape index (κ3) is 34.6. The standard InChI is InChI=1S/C40H76N2O7S/c1-3-5-7-9-11-13-17-21-25-29-38(45)48-32-35(49-39(46)30-26-22-18-14-12-10-8-6-4-2)33-50-34-36(41)40(47)42-31-27-23-19-15-16-20-24-28-37(43)44/h35-36H,3-34,41H2,1-2H3,(H,42,47)(H,43,44)/t35-,36-/m1/s1. The summed E-state index contributed by atoms with van der Waals surface area (Å²) < 4.78 is 11.3. The normalized spacial score (nSPS) is 12.4. The van der Waals surface area contributed by atoms with Crippen LogP contribution in [0.5, 0.6) is 0 Å². The number of carbonyl (C=O) groups excluding carboxylic acids is 3. The predicted molar refractivity (Wildman–Crippen MR) is 207 cm³/mol. The van der Waals surface area contributed by atoms with Gasteiger partial charge in [0.1, 0.15) is 12.7 Å². The summed E-state index contributed by atoms with van der Waals surface area (Å²) in [6.45, 7) is 5.05. The van der Waals surface area contributed by atoms with Crippen LogP contribution in [0.1, 0.15) is 194 Å². The second-order valence-corrected chi connectivity index (χ2v) is 15.1. The molecule has 0 aromatic rings. The van der Waals surface area contributed by atoms with Gasteiger partial charge in [-0.3, -0.25) is 19.2 Å². The van der Waals surface area contributed by atoms with Crippen molar-refractivity contribution in [2.75, 3.05) is 24.7 Å². The van der Waals surface area contributed by atoms with Crippen LogP contribution in [0.4, 0.5) is 0 Å². The molecule has 0 aromatic heterocycles. The monoisotopic (exact) mass is 729 g/mol. The van der Waals surface area contributed by atoms with Crippen molar-refractivity contribution in [2.24, 2.45) is 5.73 Å². The molecule has 0 radical (unpaired) electrons. The summed E-state index contributed by atoms with van der Waals surface area (Å²) in [4.78, 5) is 48.2. The Kier molecular flexibility index (Phi) is 35.6. The van der Waals surface area contributed by atoms with Crippen molar-refractivity contribution in [2.45, 2.75) is 206 Å². The van der Waals surface area contributed by atoms with E-state index in [9.17, 15) is 19.2 Å². The minimum absolute atomic E-state index is 0.0216. The number of amides is 1. The van der Waals surface area contributed by atoms with Gasteiger partial charge < -0.3 is 25.6 Å². The molecule has 0 bridgehead atoms. The number of hydrogen-bond donors (Lipinski definition) is 3. The fourth-order valence-electron chi connectivity index (χ4n) is 5.81. The maximum Gasteiger partial charge on any atom is 0.306 e. The highest BCUT2D eigenvalue weighted by Crippen LogP contribution is 2.15. The van der Waals surface area contributed by atoms with Gasteiger partial charge in [-0.1, -0.05) is 149 Å². The van der Waals surface area contributed by atoms with Gasteiger partial charge >= 0.3 is 17.9 Å². The topological polar surface area (TPSA) is 145 Å². The van der Waals surface area contributed by atoms with E-state index in [4.69, 9.17) is 20.3 Å². The minimum atomic E-state index is -0.736. The zero-order valence-electron chi connectivity index (χ0n) is 32.2. The summed E-state index contributed by atoms with van der Waals surface area (Å²) in [6, 6.07) is -0.679. The molecule has 0 aliphatic rings. The van der Waals surface area contributed by atoms with Gasteiger partial charge in [0.25, 0.3) is 0 Å². The molecule has 294 valence electrons. The molecule has 0 fully saturated rings. The van der Waals surface area contributed by atoms with Gasteiger partial charge in [-0.15, -0.1) is 0 Å². The van der Waals surface area contributed by atoms with Crippen molar-refractivity contribution in [3.05, 3.63) is 0 Å². The number of carboxylic acids is 1. The molecular formula is C40H76N2O7S. The van der Waals surface area contributed by atoms with Crippen LogP contribution in [0, 0.1) is 0 Å². The highest BCUT2D eigenvalue weighted by molar-refractivity contribution is 7.99. The highest BCUT2D eigenvalue weighted by Gasteiger charge is 2.20. The van der Waals surface area contributed by atoms with Crippen LogP contribution in [0.2, 0.25) is 0 Å².